The summed E-state index contributed by atoms with van der Waals surface area (Å²) in [7, 11) is 1.35. The molecular formula is C16H16F2O5. The molecule has 0 fully saturated rings. The molecule has 0 saturated heterocycles. The molecule has 0 aromatic heterocycles. The molecule has 7 heteroatoms. The van der Waals surface area contributed by atoms with E-state index in [0.29, 0.717) is 11.6 Å². The summed E-state index contributed by atoms with van der Waals surface area (Å²) in [5.74, 6) is -1.81. The van der Waals surface area contributed by atoms with E-state index in [1.807, 2.05) is 0 Å². The Morgan fingerprint density at radius 1 is 1.09 bits per heavy atom. The summed E-state index contributed by atoms with van der Waals surface area (Å²) in [6.45, 7) is -0.595. The number of ether oxygens (including phenoxy) is 2. The first-order valence-corrected chi connectivity index (χ1v) is 6.73. The van der Waals surface area contributed by atoms with Gasteiger partial charge in [-0.25, -0.2) is 8.78 Å². The highest BCUT2D eigenvalue weighted by molar-refractivity contribution is 5.42. The molecule has 2 unspecified atom stereocenters. The van der Waals surface area contributed by atoms with Gasteiger partial charge in [-0.05, 0) is 17.7 Å². The number of phenols is 1. The minimum atomic E-state index is -1.30. The average molecular weight is 326 g/mol. The molecule has 0 heterocycles. The van der Waals surface area contributed by atoms with Gasteiger partial charge in [0.15, 0.2) is 17.6 Å². The summed E-state index contributed by atoms with van der Waals surface area (Å²) in [5.41, 5.74) is 0.301. The van der Waals surface area contributed by atoms with Crippen molar-refractivity contribution in [3.8, 4) is 17.2 Å². The second-order valence-electron chi connectivity index (χ2n) is 4.82. The van der Waals surface area contributed by atoms with Crippen LogP contribution in [0.25, 0.3) is 0 Å². The van der Waals surface area contributed by atoms with Crippen LogP contribution in [0.15, 0.2) is 36.4 Å². The molecule has 0 amide bonds. The van der Waals surface area contributed by atoms with E-state index >= 15 is 0 Å². The van der Waals surface area contributed by atoms with E-state index in [2.05, 4.69) is 0 Å². The fraction of sp³-hybridized carbons (Fsp3) is 0.250. The third-order valence-corrected chi connectivity index (χ3v) is 3.20. The van der Waals surface area contributed by atoms with Gasteiger partial charge in [0.1, 0.15) is 23.5 Å². The molecule has 2 rings (SSSR count). The highest BCUT2D eigenvalue weighted by Gasteiger charge is 2.23. The van der Waals surface area contributed by atoms with Crippen molar-refractivity contribution >= 4 is 0 Å². The first-order valence-electron chi connectivity index (χ1n) is 6.73. The largest absolute Gasteiger partial charge is 0.504 e. The Kier molecular flexibility index (Phi) is 5.36. The van der Waals surface area contributed by atoms with E-state index in [0.717, 1.165) is 12.1 Å². The SMILES string of the molecule is COc1cc(C(O)C(CO)Oc2cc(F)cc(F)c2)ccc1O. The molecule has 3 N–H and O–H groups in total. The van der Waals surface area contributed by atoms with E-state index in [4.69, 9.17) is 9.47 Å². The molecule has 2 atom stereocenters. The standard InChI is InChI=1S/C16H16F2O5/c1-22-14-4-9(2-3-13(14)20)16(21)15(8-19)23-12-6-10(17)5-11(18)7-12/h2-7,15-16,19-21H,8H2,1H3. The zero-order valence-electron chi connectivity index (χ0n) is 12.2. The number of benzene rings is 2. The summed E-state index contributed by atoms with van der Waals surface area (Å²) in [5, 5.41) is 29.2. The van der Waals surface area contributed by atoms with E-state index < -0.39 is 30.4 Å². The molecular weight excluding hydrogens is 310 g/mol. The van der Waals surface area contributed by atoms with Gasteiger partial charge in [-0.2, -0.15) is 0 Å². The highest BCUT2D eigenvalue weighted by Crippen LogP contribution is 2.31. The Balaban J connectivity index is 2.22. The van der Waals surface area contributed by atoms with E-state index in [1.54, 1.807) is 0 Å². The first-order chi connectivity index (χ1) is 10.9. The van der Waals surface area contributed by atoms with Crippen molar-refractivity contribution in [2.24, 2.45) is 0 Å². The predicted molar refractivity (Wildman–Crippen MR) is 77.5 cm³/mol. The van der Waals surface area contributed by atoms with Gasteiger partial charge in [0.2, 0.25) is 0 Å². The molecule has 124 valence electrons. The van der Waals surface area contributed by atoms with Gasteiger partial charge in [0.05, 0.1) is 13.7 Å². The number of aromatic hydroxyl groups is 1. The lowest BCUT2D eigenvalue weighted by molar-refractivity contribution is 0.000355. The summed E-state index contributed by atoms with van der Waals surface area (Å²) < 4.78 is 36.5. The second-order valence-corrected chi connectivity index (χ2v) is 4.82. The summed E-state index contributed by atoms with van der Waals surface area (Å²) in [6.07, 6.45) is -2.47. The maximum atomic E-state index is 13.2. The van der Waals surface area contributed by atoms with Crippen LogP contribution in [0.1, 0.15) is 11.7 Å². The van der Waals surface area contributed by atoms with Crippen molar-refractivity contribution in [2.45, 2.75) is 12.2 Å². The number of halogens is 2. The summed E-state index contributed by atoms with van der Waals surface area (Å²) in [4.78, 5) is 0. The van der Waals surface area contributed by atoms with E-state index in [1.165, 1.54) is 25.3 Å². The number of aliphatic hydroxyl groups excluding tert-OH is 2. The summed E-state index contributed by atoms with van der Waals surface area (Å²) >= 11 is 0. The van der Waals surface area contributed by atoms with Crippen molar-refractivity contribution in [1.29, 1.82) is 0 Å². The van der Waals surface area contributed by atoms with Gasteiger partial charge in [-0.15, -0.1) is 0 Å². The third-order valence-electron chi connectivity index (χ3n) is 3.20. The highest BCUT2D eigenvalue weighted by atomic mass is 19.1. The van der Waals surface area contributed by atoms with Crippen LogP contribution in [-0.4, -0.2) is 35.1 Å². The topological polar surface area (TPSA) is 79.2 Å². The lowest BCUT2D eigenvalue weighted by Gasteiger charge is -2.23. The number of hydrogen-bond donors (Lipinski definition) is 3. The first kappa shape index (κ1) is 17.0. The smallest absolute Gasteiger partial charge is 0.160 e. The van der Waals surface area contributed by atoms with Gasteiger partial charge in [-0.1, -0.05) is 6.07 Å². The Morgan fingerprint density at radius 2 is 1.74 bits per heavy atom. The van der Waals surface area contributed by atoms with Crippen molar-refractivity contribution < 1.29 is 33.6 Å². The lowest BCUT2D eigenvalue weighted by atomic mass is 10.0. The van der Waals surface area contributed by atoms with Crippen LogP contribution >= 0.6 is 0 Å². The zero-order valence-corrected chi connectivity index (χ0v) is 12.2. The molecule has 0 radical (unpaired) electrons. The number of rotatable bonds is 6. The number of aliphatic hydroxyl groups is 2. The normalized spacial score (nSPS) is 13.4. The van der Waals surface area contributed by atoms with Crippen molar-refractivity contribution in [1.82, 2.24) is 0 Å². The minimum Gasteiger partial charge on any atom is -0.504 e. The number of hydrogen-bond acceptors (Lipinski definition) is 5. The molecule has 0 aliphatic carbocycles. The van der Waals surface area contributed by atoms with Gasteiger partial charge in [0, 0.05) is 18.2 Å². The molecule has 2 aromatic carbocycles. The molecule has 0 bridgehead atoms. The van der Waals surface area contributed by atoms with Gasteiger partial charge >= 0.3 is 0 Å². The van der Waals surface area contributed by atoms with Gasteiger partial charge < -0.3 is 24.8 Å². The van der Waals surface area contributed by atoms with Crippen LogP contribution in [0.5, 0.6) is 17.2 Å². The lowest BCUT2D eigenvalue weighted by Crippen LogP contribution is -2.29. The zero-order chi connectivity index (χ0) is 17.0. The van der Waals surface area contributed by atoms with Crippen LogP contribution < -0.4 is 9.47 Å². The van der Waals surface area contributed by atoms with Crippen molar-refractivity contribution in [3.63, 3.8) is 0 Å². The Hall–Kier alpha value is -2.38. The molecule has 5 nitrogen and oxygen atoms in total. The van der Waals surface area contributed by atoms with E-state index in [-0.39, 0.29) is 17.2 Å². The molecule has 0 spiro atoms. The molecule has 0 aliphatic rings. The fourth-order valence-electron chi connectivity index (χ4n) is 2.07. The molecule has 0 saturated carbocycles. The average Bonchev–Trinajstić information content (AvgIpc) is 2.51. The number of phenolic OH excluding ortho intramolecular Hbond substituents is 1. The fourth-order valence-corrected chi connectivity index (χ4v) is 2.07. The maximum Gasteiger partial charge on any atom is 0.160 e. The van der Waals surface area contributed by atoms with Gasteiger partial charge in [-0.3, -0.25) is 0 Å². The summed E-state index contributed by atoms with van der Waals surface area (Å²) in [6, 6.07) is 6.67. The van der Waals surface area contributed by atoms with Crippen LogP contribution in [0, 0.1) is 11.6 Å². The van der Waals surface area contributed by atoms with Crippen LogP contribution in [0.3, 0.4) is 0 Å². The second kappa shape index (κ2) is 7.26. The van der Waals surface area contributed by atoms with E-state index in [9.17, 15) is 24.1 Å². The van der Waals surface area contributed by atoms with Crippen molar-refractivity contribution in [2.75, 3.05) is 13.7 Å². The number of methoxy groups -OCH3 is 1. The van der Waals surface area contributed by atoms with Crippen LogP contribution in [-0.2, 0) is 0 Å². The van der Waals surface area contributed by atoms with Gasteiger partial charge in [0.25, 0.3) is 0 Å². The molecule has 0 aliphatic heterocycles. The Morgan fingerprint density at radius 3 is 2.30 bits per heavy atom. The van der Waals surface area contributed by atoms with Crippen molar-refractivity contribution in [3.05, 3.63) is 53.6 Å². The quantitative estimate of drug-likeness (QED) is 0.758. The monoisotopic (exact) mass is 326 g/mol. The minimum absolute atomic E-state index is 0.114. The third kappa shape index (κ3) is 4.08. The Labute approximate surface area is 131 Å². The van der Waals surface area contributed by atoms with Crippen LogP contribution in [0.4, 0.5) is 8.78 Å². The molecule has 2 aromatic rings. The molecule has 23 heavy (non-hydrogen) atoms. The van der Waals surface area contributed by atoms with Crippen LogP contribution in [0.2, 0.25) is 0 Å². The maximum absolute atomic E-state index is 13.2. The Bertz CT molecular complexity index is 657. The predicted octanol–water partition coefficient (Wildman–Crippen LogP) is 2.15.